The van der Waals surface area contributed by atoms with Crippen molar-refractivity contribution in [3.63, 3.8) is 0 Å². The van der Waals surface area contributed by atoms with Crippen LogP contribution >= 0.6 is 0 Å². The van der Waals surface area contributed by atoms with Gasteiger partial charge in [0.25, 0.3) is 0 Å². The molecule has 0 unspecified atom stereocenters. The number of aromatic hydroxyl groups is 1. The Morgan fingerprint density at radius 1 is 1.40 bits per heavy atom. The number of carbonyl (C=O) groups excluding carboxylic acids is 1. The molecule has 0 spiro atoms. The average molecular weight is 276 g/mol. The largest absolute Gasteiger partial charge is 0.508 e. The summed E-state index contributed by atoms with van der Waals surface area (Å²) in [6.07, 6.45) is 2.15. The van der Waals surface area contributed by atoms with Crippen molar-refractivity contribution >= 4 is 5.91 Å². The summed E-state index contributed by atoms with van der Waals surface area (Å²) in [5, 5.41) is 9.25. The second-order valence-corrected chi connectivity index (χ2v) is 5.89. The van der Waals surface area contributed by atoms with Gasteiger partial charge in [0.1, 0.15) is 5.75 Å². The van der Waals surface area contributed by atoms with Gasteiger partial charge >= 0.3 is 0 Å². The Morgan fingerprint density at radius 3 is 2.40 bits per heavy atom. The summed E-state index contributed by atoms with van der Waals surface area (Å²) in [7, 11) is 0. The van der Waals surface area contributed by atoms with Crippen LogP contribution in [-0.4, -0.2) is 34.0 Å². The van der Waals surface area contributed by atoms with Crippen LogP contribution in [0.2, 0.25) is 0 Å². The standard InChI is InChI=1S/C16H24N2O2/c1-5-10-18(16(2,3)4)15(20)14(17)11-12-6-8-13(19)9-7-12/h5-9,14,19H,1,10-11,17H2,2-4H3/t14-/m1/s1. The fraction of sp³-hybridized carbons (Fsp3) is 0.438. The van der Waals surface area contributed by atoms with Crippen LogP contribution in [0.15, 0.2) is 36.9 Å². The van der Waals surface area contributed by atoms with Crippen molar-refractivity contribution in [3.8, 4) is 5.75 Å². The van der Waals surface area contributed by atoms with Crippen molar-refractivity contribution in [2.75, 3.05) is 6.54 Å². The molecule has 20 heavy (non-hydrogen) atoms. The zero-order chi connectivity index (χ0) is 15.3. The van der Waals surface area contributed by atoms with Gasteiger partial charge in [0, 0.05) is 12.1 Å². The van der Waals surface area contributed by atoms with E-state index in [1.165, 1.54) is 0 Å². The number of phenols is 1. The monoisotopic (exact) mass is 276 g/mol. The maximum atomic E-state index is 12.5. The van der Waals surface area contributed by atoms with Gasteiger partial charge in [-0.05, 0) is 44.9 Å². The molecule has 4 nitrogen and oxygen atoms in total. The van der Waals surface area contributed by atoms with E-state index in [0.29, 0.717) is 13.0 Å². The summed E-state index contributed by atoms with van der Waals surface area (Å²) in [4.78, 5) is 14.2. The van der Waals surface area contributed by atoms with Crippen LogP contribution in [0.25, 0.3) is 0 Å². The molecule has 1 atom stereocenters. The Balaban J connectivity index is 2.78. The maximum absolute atomic E-state index is 12.5. The highest BCUT2D eigenvalue weighted by Crippen LogP contribution is 2.16. The van der Waals surface area contributed by atoms with E-state index < -0.39 is 6.04 Å². The Labute approximate surface area is 120 Å². The number of hydrogen-bond donors (Lipinski definition) is 2. The first-order valence-corrected chi connectivity index (χ1v) is 6.71. The molecule has 0 fully saturated rings. The second kappa shape index (κ2) is 6.57. The lowest BCUT2D eigenvalue weighted by Gasteiger charge is -2.36. The van der Waals surface area contributed by atoms with Crippen molar-refractivity contribution in [3.05, 3.63) is 42.5 Å². The van der Waals surface area contributed by atoms with Gasteiger partial charge in [-0.15, -0.1) is 6.58 Å². The zero-order valence-electron chi connectivity index (χ0n) is 12.5. The van der Waals surface area contributed by atoms with Gasteiger partial charge in [-0.1, -0.05) is 18.2 Å². The minimum absolute atomic E-state index is 0.0922. The number of phenolic OH excluding ortho intramolecular Hbond substituents is 1. The molecular formula is C16H24N2O2. The number of amides is 1. The normalized spacial score (nSPS) is 12.8. The third-order valence-electron chi connectivity index (χ3n) is 3.10. The van der Waals surface area contributed by atoms with Crippen LogP contribution in [0, 0.1) is 0 Å². The van der Waals surface area contributed by atoms with Gasteiger partial charge in [0.2, 0.25) is 5.91 Å². The van der Waals surface area contributed by atoms with Crippen LogP contribution in [0.4, 0.5) is 0 Å². The highest BCUT2D eigenvalue weighted by atomic mass is 16.3. The van der Waals surface area contributed by atoms with Gasteiger partial charge in [0.15, 0.2) is 0 Å². The molecular weight excluding hydrogens is 252 g/mol. The smallest absolute Gasteiger partial charge is 0.240 e. The topological polar surface area (TPSA) is 66.6 Å². The summed E-state index contributed by atoms with van der Waals surface area (Å²) in [6.45, 7) is 10.1. The van der Waals surface area contributed by atoms with Crippen LogP contribution in [0.5, 0.6) is 5.75 Å². The lowest BCUT2D eigenvalue weighted by molar-refractivity contribution is -0.136. The van der Waals surface area contributed by atoms with Crippen molar-refractivity contribution in [2.45, 2.75) is 38.8 Å². The molecule has 0 aliphatic rings. The number of nitrogens with zero attached hydrogens (tertiary/aromatic N) is 1. The molecule has 1 rings (SSSR count). The van der Waals surface area contributed by atoms with E-state index in [2.05, 4.69) is 6.58 Å². The predicted octanol–water partition coefficient (Wildman–Crippen LogP) is 2.08. The summed E-state index contributed by atoms with van der Waals surface area (Å²) in [5.41, 5.74) is 6.66. The number of carbonyl (C=O) groups is 1. The molecule has 0 bridgehead atoms. The van der Waals surface area contributed by atoms with Crippen LogP contribution in [0.1, 0.15) is 26.3 Å². The third-order valence-corrected chi connectivity index (χ3v) is 3.10. The van der Waals surface area contributed by atoms with Crippen molar-refractivity contribution in [1.82, 2.24) is 4.90 Å². The molecule has 0 heterocycles. The number of rotatable bonds is 5. The van der Waals surface area contributed by atoms with E-state index in [9.17, 15) is 9.90 Å². The molecule has 1 aromatic rings. The molecule has 0 radical (unpaired) electrons. The van der Waals surface area contributed by atoms with Gasteiger partial charge in [-0.3, -0.25) is 4.79 Å². The minimum atomic E-state index is -0.598. The third kappa shape index (κ3) is 4.38. The van der Waals surface area contributed by atoms with E-state index in [0.717, 1.165) is 5.56 Å². The predicted molar refractivity (Wildman–Crippen MR) is 81.4 cm³/mol. The van der Waals surface area contributed by atoms with E-state index in [4.69, 9.17) is 5.73 Å². The summed E-state index contributed by atoms with van der Waals surface area (Å²) in [6, 6.07) is 6.14. The summed E-state index contributed by atoms with van der Waals surface area (Å²) >= 11 is 0. The van der Waals surface area contributed by atoms with Gasteiger partial charge in [0.05, 0.1) is 6.04 Å². The number of nitrogens with two attached hydrogens (primary N) is 1. The first-order valence-electron chi connectivity index (χ1n) is 6.71. The van der Waals surface area contributed by atoms with E-state index >= 15 is 0 Å². The maximum Gasteiger partial charge on any atom is 0.240 e. The Bertz CT molecular complexity index is 460. The van der Waals surface area contributed by atoms with Crippen molar-refractivity contribution < 1.29 is 9.90 Å². The second-order valence-electron chi connectivity index (χ2n) is 5.89. The number of benzene rings is 1. The lowest BCUT2D eigenvalue weighted by atomic mass is 10.0. The van der Waals surface area contributed by atoms with Gasteiger partial charge < -0.3 is 15.7 Å². The van der Waals surface area contributed by atoms with Crippen molar-refractivity contribution in [1.29, 1.82) is 0 Å². The highest BCUT2D eigenvalue weighted by molar-refractivity contribution is 5.82. The average Bonchev–Trinajstić information content (AvgIpc) is 2.36. The molecule has 0 saturated carbocycles. The SMILES string of the molecule is C=CCN(C(=O)[C@H](N)Cc1ccc(O)cc1)C(C)(C)C. The Kier molecular flexibility index (Phi) is 5.34. The minimum Gasteiger partial charge on any atom is -0.508 e. The Hall–Kier alpha value is -1.81. The molecule has 110 valence electrons. The lowest BCUT2D eigenvalue weighted by Crippen LogP contribution is -2.52. The van der Waals surface area contributed by atoms with E-state index in [-0.39, 0.29) is 17.2 Å². The fourth-order valence-electron chi connectivity index (χ4n) is 2.00. The molecule has 1 amide bonds. The van der Waals surface area contributed by atoms with Crippen LogP contribution < -0.4 is 5.73 Å². The highest BCUT2D eigenvalue weighted by Gasteiger charge is 2.29. The van der Waals surface area contributed by atoms with Gasteiger partial charge in [-0.25, -0.2) is 0 Å². The van der Waals surface area contributed by atoms with Gasteiger partial charge in [-0.2, -0.15) is 0 Å². The molecule has 1 aromatic carbocycles. The first kappa shape index (κ1) is 16.2. The quantitative estimate of drug-likeness (QED) is 0.809. The zero-order valence-corrected chi connectivity index (χ0v) is 12.5. The first-order chi connectivity index (χ1) is 9.25. The van der Waals surface area contributed by atoms with Crippen LogP contribution in [0.3, 0.4) is 0 Å². The number of hydrogen-bond acceptors (Lipinski definition) is 3. The summed E-state index contributed by atoms with van der Waals surface area (Å²) < 4.78 is 0. The van der Waals surface area contributed by atoms with E-state index in [1.54, 1.807) is 35.2 Å². The molecule has 0 saturated heterocycles. The molecule has 3 N–H and O–H groups in total. The van der Waals surface area contributed by atoms with Crippen LogP contribution in [-0.2, 0) is 11.2 Å². The van der Waals surface area contributed by atoms with Crippen molar-refractivity contribution in [2.24, 2.45) is 5.73 Å². The fourth-order valence-corrected chi connectivity index (χ4v) is 2.00. The molecule has 0 aromatic heterocycles. The molecule has 4 heteroatoms. The van der Waals surface area contributed by atoms with E-state index in [1.807, 2.05) is 20.8 Å². The molecule has 0 aliphatic heterocycles. The Morgan fingerprint density at radius 2 is 1.95 bits per heavy atom. The molecule has 0 aliphatic carbocycles. The summed E-state index contributed by atoms with van der Waals surface area (Å²) in [5.74, 6) is 0.113.